The molecule has 1 amide bonds. The zero-order chi connectivity index (χ0) is 21.8. The monoisotopic (exact) mass is 421 g/mol. The Morgan fingerprint density at radius 2 is 1.67 bits per heavy atom. The Morgan fingerprint density at radius 3 is 2.13 bits per heavy atom. The number of benzene rings is 2. The number of ether oxygens (including phenoxy) is 1. The first-order valence-electron chi connectivity index (χ1n) is 9.25. The molecule has 2 aromatic rings. The Bertz CT molecular complexity index is 763. The van der Waals surface area contributed by atoms with Crippen molar-refractivity contribution < 1.29 is 35.3 Å². The van der Waals surface area contributed by atoms with Crippen molar-refractivity contribution in [2.45, 2.75) is 32.4 Å². The lowest BCUT2D eigenvalue weighted by Gasteiger charge is -2.13. The van der Waals surface area contributed by atoms with Gasteiger partial charge in [0.1, 0.15) is 25.0 Å². The molecule has 0 spiro atoms. The number of carboxylic acid groups (broad SMARTS) is 1. The maximum atomic E-state index is 10.7. The zero-order valence-corrected chi connectivity index (χ0v) is 17.2. The Kier molecular flexibility index (Phi) is 12.5. The van der Waals surface area contributed by atoms with E-state index in [1.54, 1.807) is 24.3 Å². The largest absolute Gasteiger partial charge is 0.545 e. The van der Waals surface area contributed by atoms with Crippen LogP contribution in [0.1, 0.15) is 29.8 Å². The second-order valence-corrected chi connectivity index (χ2v) is 6.88. The van der Waals surface area contributed by atoms with E-state index in [1.165, 1.54) is 24.3 Å². The van der Waals surface area contributed by atoms with Gasteiger partial charge < -0.3 is 42.0 Å². The highest BCUT2D eigenvalue weighted by Gasteiger charge is 2.08. The van der Waals surface area contributed by atoms with Gasteiger partial charge in [-0.2, -0.15) is 0 Å². The van der Waals surface area contributed by atoms with E-state index >= 15 is 0 Å². The first kappa shape index (κ1) is 26.9. The number of primary amides is 1. The molecule has 0 unspecified atom stereocenters. The summed E-state index contributed by atoms with van der Waals surface area (Å²) in [6.07, 6.45) is -0.264. The van der Waals surface area contributed by atoms with Crippen molar-refractivity contribution in [2.75, 3.05) is 18.9 Å². The maximum absolute atomic E-state index is 10.7. The summed E-state index contributed by atoms with van der Waals surface area (Å²) >= 11 is 0. The van der Waals surface area contributed by atoms with Gasteiger partial charge in [-0.25, -0.2) is 0 Å². The Morgan fingerprint density at radius 1 is 1.10 bits per heavy atom. The van der Waals surface area contributed by atoms with Gasteiger partial charge in [0.05, 0.1) is 18.4 Å². The van der Waals surface area contributed by atoms with Crippen LogP contribution >= 0.6 is 0 Å². The van der Waals surface area contributed by atoms with Gasteiger partial charge in [0.15, 0.2) is 0 Å². The van der Waals surface area contributed by atoms with Crippen LogP contribution in [0.15, 0.2) is 48.5 Å². The van der Waals surface area contributed by atoms with Crippen molar-refractivity contribution in [3.05, 3.63) is 59.7 Å². The summed E-state index contributed by atoms with van der Waals surface area (Å²) in [5, 5.41) is 21.9. The Labute approximate surface area is 176 Å². The molecular formula is C21H31N3O6. The van der Waals surface area contributed by atoms with E-state index in [0.29, 0.717) is 24.0 Å². The van der Waals surface area contributed by atoms with Crippen LogP contribution in [0, 0.1) is 0 Å². The number of carbonyl (C=O) groups excluding carboxylic acids is 2. The predicted molar refractivity (Wildman–Crippen MR) is 112 cm³/mol. The second-order valence-electron chi connectivity index (χ2n) is 6.88. The van der Waals surface area contributed by atoms with Crippen LogP contribution in [-0.2, 0) is 11.2 Å². The molecule has 9 heteroatoms. The minimum atomic E-state index is -1.18. The van der Waals surface area contributed by atoms with Crippen molar-refractivity contribution in [2.24, 2.45) is 5.73 Å². The smallest absolute Gasteiger partial charge is 0.221 e. The Balaban J connectivity index is 0.000000646. The first-order chi connectivity index (χ1) is 13.7. The summed E-state index contributed by atoms with van der Waals surface area (Å²) in [7, 11) is 0. The van der Waals surface area contributed by atoms with Crippen LogP contribution < -0.4 is 26.6 Å². The van der Waals surface area contributed by atoms with Crippen LogP contribution in [0.2, 0.25) is 0 Å². The highest BCUT2D eigenvalue weighted by Crippen LogP contribution is 2.12. The van der Waals surface area contributed by atoms with Gasteiger partial charge in [-0.3, -0.25) is 4.79 Å². The SMILES string of the molecule is CC(C)[NH2+]C[C@@H](O)COc1ccc(CC(N)=O)cc1.Nc1ccc(C(=O)[O-])cc1.O. The van der Waals surface area contributed by atoms with Gasteiger partial charge in [0, 0.05) is 5.69 Å². The lowest BCUT2D eigenvalue weighted by molar-refractivity contribution is -0.688. The average Bonchev–Trinajstić information content (AvgIpc) is 2.66. The number of quaternary nitrogens is 1. The van der Waals surface area contributed by atoms with Gasteiger partial charge >= 0.3 is 0 Å². The molecule has 2 rings (SSSR count). The molecule has 0 aromatic heterocycles. The minimum Gasteiger partial charge on any atom is -0.545 e. The zero-order valence-electron chi connectivity index (χ0n) is 17.2. The van der Waals surface area contributed by atoms with Crippen molar-refractivity contribution in [3.8, 4) is 5.75 Å². The van der Waals surface area contributed by atoms with Gasteiger partial charge in [0.2, 0.25) is 5.91 Å². The van der Waals surface area contributed by atoms with Crippen LogP contribution in [0.4, 0.5) is 5.69 Å². The predicted octanol–water partition coefficient (Wildman–Crippen LogP) is -1.77. The summed E-state index contributed by atoms with van der Waals surface area (Å²) < 4.78 is 5.47. The fourth-order valence-electron chi connectivity index (χ4n) is 2.21. The molecule has 9 N–H and O–H groups in total. The van der Waals surface area contributed by atoms with Crippen LogP contribution in [0.25, 0.3) is 0 Å². The highest BCUT2D eigenvalue weighted by molar-refractivity contribution is 5.86. The number of rotatable bonds is 9. The third-order valence-corrected chi connectivity index (χ3v) is 3.77. The number of anilines is 1. The lowest BCUT2D eigenvalue weighted by Crippen LogP contribution is -2.90. The molecule has 0 aliphatic heterocycles. The summed E-state index contributed by atoms with van der Waals surface area (Å²) in [5.41, 5.74) is 12.0. The average molecular weight is 421 g/mol. The maximum Gasteiger partial charge on any atom is 0.221 e. The third kappa shape index (κ3) is 11.6. The van der Waals surface area contributed by atoms with Crippen molar-refractivity contribution in [3.63, 3.8) is 0 Å². The van der Waals surface area contributed by atoms with E-state index in [2.05, 4.69) is 19.2 Å². The summed E-state index contributed by atoms with van der Waals surface area (Å²) in [5.74, 6) is -0.856. The molecule has 0 heterocycles. The molecule has 0 radical (unpaired) electrons. The quantitative estimate of drug-likeness (QED) is 0.347. The molecule has 0 saturated heterocycles. The highest BCUT2D eigenvalue weighted by atomic mass is 16.5. The molecule has 0 fully saturated rings. The number of amides is 1. The number of carbonyl (C=O) groups is 2. The van der Waals surface area contributed by atoms with Crippen LogP contribution in [-0.4, -0.2) is 47.8 Å². The number of aromatic carboxylic acids is 1. The number of nitrogens with two attached hydrogens (primary N) is 3. The van der Waals surface area contributed by atoms with Crippen molar-refractivity contribution in [1.29, 1.82) is 0 Å². The molecule has 1 atom stereocenters. The van der Waals surface area contributed by atoms with Gasteiger partial charge in [0.25, 0.3) is 0 Å². The van der Waals surface area contributed by atoms with E-state index in [-0.39, 0.29) is 30.0 Å². The second kappa shape index (κ2) is 13.9. The Hall–Kier alpha value is -3.14. The molecule has 0 saturated carbocycles. The number of hydrogen-bond acceptors (Lipinski definition) is 6. The standard InChI is InChI=1S/C14H22N2O3.C7H7NO2.H2O/c1-10(2)16-8-12(17)9-19-13-5-3-11(4-6-13)7-14(15)18;8-6-3-1-5(2-4-6)7(9)10;/h3-6,10,12,16-17H,7-9H2,1-2H3,(H2,15,18);1-4H,8H2,(H,9,10);1H2/t12-;;/m1../s1. The van der Waals surface area contributed by atoms with Crippen molar-refractivity contribution in [1.82, 2.24) is 0 Å². The van der Waals surface area contributed by atoms with E-state index in [0.717, 1.165) is 5.56 Å². The van der Waals surface area contributed by atoms with Gasteiger partial charge in [-0.1, -0.05) is 24.3 Å². The van der Waals surface area contributed by atoms with E-state index < -0.39 is 12.1 Å². The molecule has 0 aliphatic rings. The molecule has 166 valence electrons. The van der Waals surface area contributed by atoms with Gasteiger partial charge in [-0.15, -0.1) is 0 Å². The lowest BCUT2D eigenvalue weighted by atomic mass is 10.1. The molecule has 0 aliphatic carbocycles. The molecule has 30 heavy (non-hydrogen) atoms. The summed E-state index contributed by atoms with van der Waals surface area (Å²) in [6, 6.07) is 13.5. The fourth-order valence-corrected chi connectivity index (χ4v) is 2.21. The summed E-state index contributed by atoms with van der Waals surface area (Å²) in [4.78, 5) is 20.9. The first-order valence-corrected chi connectivity index (χ1v) is 9.25. The van der Waals surface area contributed by atoms with Crippen LogP contribution in [0.5, 0.6) is 5.75 Å². The third-order valence-electron chi connectivity index (χ3n) is 3.77. The van der Waals surface area contributed by atoms with E-state index in [1.807, 2.05) is 0 Å². The minimum absolute atomic E-state index is 0. The van der Waals surface area contributed by atoms with Gasteiger partial charge in [-0.05, 0) is 49.2 Å². The summed E-state index contributed by atoms with van der Waals surface area (Å²) in [6.45, 7) is 5.03. The fraction of sp³-hybridized carbons (Fsp3) is 0.333. The number of aliphatic hydroxyl groups is 1. The van der Waals surface area contributed by atoms with Crippen LogP contribution in [0.3, 0.4) is 0 Å². The number of carboxylic acids is 1. The number of hydrogen-bond donors (Lipinski definition) is 4. The number of nitrogen functional groups attached to an aromatic ring is 1. The molecule has 9 nitrogen and oxygen atoms in total. The molecule has 2 aromatic carbocycles. The molecule has 0 bridgehead atoms. The topological polar surface area (TPSA) is 187 Å². The van der Waals surface area contributed by atoms with E-state index in [9.17, 15) is 19.8 Å². The molecular weight excluding hydrogens is 390 g/mol. The number of aliphatic hydroxyl groups excluding tert-OH is 1. The van der Waals surface area contributed by atoms with Crippen molar-refractivity contribution >= 4 is 17.6 Å². The normalized spacial score (nSPS) is 10.9. The van der Waals surface area contributed by atoms with E-state index in [4.69, 9.17) is 16.2 Å².